The number of nitriles is 1. The summed E-state index contributed by atoms with van der Waals surface area (Å²) < 4.78 is 32.3. The molecule has 2 atom stereocenters. The summed E-state index contributed by atoms with van der Waals surface area (Å²) in [6, 6.07) is 5.48. The van der Waals surface area contributed by atoms with Crippen molar-refractivity contribution in [3.8, 4) is 6.07 Å². The standard InChI is InChI=1S/C16H22N2O4S/c1-10(2)15(16(19)22-13(5)9-17)18-23(20,21)14-7-6-11(3)12(4)8-14/h6-8,10,13,15,18H,1-5H3/t13-,15+/m1/s1. The van der Waals surface area contributed by atoms with E-state index in [1.807, 2.05) is 13.8 Å². The maximum Gasteiger partial charge on any atom is 0.325 e. The van der Waals surface area contributed by atoms with Gasteiger partial charge in [0.2, 0.25) is 10.0 Å². The molecule has 0 bridgehead atoms. The van der Waals surface area contributed by atoms with Crippen LogP contribution in [0.3, 0.4) is 0 Å². The first-order valence-electron chi connectivity index (χ1n) is 7.28. The predicted molar refractivity (Wildman–Crippen MR) is 86.0 cm³/mol. The highest BCUT2D eigenvalue weighted by molar-refractivity contribution is 7.89. The second-order valence-electron chi connectivity index (χ2n) is 5.80. The van der Waals surface area contributed by atoms with Gasteiger partial charge in [-0.1, -0.05) is 19.9 Å². The van der Waals surface area contributed by atoms with Crippen molar-refractivity contribution in [3.05, 3.63) is 29.3 Å². The van der Waals surface area contributed by atoms with E-state index in [0.29, 0.717) is 0 Å². The number of nitrogens with zero attached hydrogens (tertiary/aromatic N) is 1. The van der Waals surface area contributed by atoms with Crippen molar-refractivity contribution in [3.63, 3.8) is 0 Å². The van der Waals surface area contributed by atoms with E-state index in [2.05, 4.69) is 4.72 Å². The van der Waals surface area contributed by atoms with Crippen LogP contribution in [0, 0.1) is 31.1 Å². The van der Waals surface area contributed by atoms with E-state index in [4.69, 9.17) is 10.00 Å². The fraction of sp³-hybridized carbons (Fsp3) is 0.500. The molecular weight excluding hydrogens is 316 g/mol. The molecule has 0 saturated carbocycles. The molecule has 0 spiro atoms. The molecule has 126 valence electrons. The van der Waals surface area contributed by atoms with Crippen molar-refractivity contribution in [1.82, 2.24) is 4.72 Å². The van der Waals surface area contributed by atoms with Crippen LogP contribution in [0.5, 0.6) is 0 Å². The van der Waals surface area contributed by atoms with Gasteiger partial charge < -0.3 is 4.74 Å². The summed E-state index contributed by atoms with van der Waals surface area (Å²) in [5, 5.41) is 8.71. The second-order valence-corrected chi connectivity index (χ2v) is 7.51. The van der Waals surface area contributed by atoms with Crippen molar-refractivity contribution in [2.24, 2.45) is 5.92 Å². The first-order chi connectivity index (χ1) is 10.6. The lowest BCUT2D eigenvalue weighted by atomic mass is 10.1. The maximum absolute atomic E-state index is 12.5. The lowest BCUT2D eigenvalue weighted by Gasteiger charge is -2.21. The molecule has 0 unspecified atom stereocenters. The second kappa shape index (κ2) is 7.57. The van der Waals surface area contributed by atoms with E-state index >= 15 is 0 Å². The van der Waals surface area contributed by atoms with Gasteiger partial charge in [0, 0.05) is 0 Å². The molecule has 23 heavy (non-hydrogen) atoms. The Morgan fingerprint density at radius 2 is 1.83 bits per heavy atom. The highest BCUT2D eigenvalue weighted by atomic mass is 32.2. The van der Waals surface area contributed by atoms with Crippen LogP contribution in [0.1, 0.15) is 31.9 Å². The van der Waals surface area contributed by atoms with Crippen LogP contribution in [0.2, 0.25) is 0 Å². The van der Waals surface area contributed by atoms with Crippen molar-refractivity contribution in [2.75, 3.05) is 0 Å². The van der Waals surface area contributed by atoms with Crippen molar-refractivity contribution in [2.45, 2.75) is 51.7 Å². The average molecular weight is 338 g/mol. The average Bonchev–Trinajstić information content (AvgIpc) is 2.46. The van der Waals surface area contributed by atoms with Crippen LogP contribution in [0.25, 0.3) is 0 Å². The van der Waals surface area contributed by atoms with Gasteiger partial charge in [0.25, 0.3) is 0 Å². The van der Waals surface area contributed by atoms with Gasteiger partial charge in [-0.25, -0.2) is 8.42 Å². The Balaban J connectivity index is 3.05. The molecule has 0 saturated heterocycles. The molecule has 0 heterocycles. The molecule has 0 fully saturated rings. The number of nitrogens with one attached hydrogen (secondary N) is 1. The summed E-state index contributed by atoms with van der Waals surface area (Å²) in [4.78, 5) is 12.2. The van der Waals surface area contributed by atoms with Crippen LogP contribution >= 0.6 is 0 Å². The highest BCUT2D eigenvalue weighted by Gasteiger charge is 2.30. The van der Waals surface area contributed by atoms with Crippen LogP contribution in [0.15, 0.2) is 23.1 Å². The fourth-order valence-corrected chi connectivity index (χ4v) is 3.26. The van der Waals surface area contributed by atoms with Gasteiger partial charge >= 0.3 is 5.97 Å². The maximum atomic E-state index is 12.5. The van der Waals surface area contributed by atoms with Crippen molar-refractivity contribution in [1.29, 1.82) is 5.26 Å². The Morgan fingerprint density at radius 1 is 1.22 bits per heavy atom. The summed E-state index contributed by atoms with van der Waals surface area (Å²) in [5.74, 6) is -1.09. The van der Waals surface area contributed by atoms with Crippen LogP contribution in [-0.4, -0.2) is 26.5 Å². The molecular formula is C16H22N2O4S. The topological polar surface area (TPSA) is 96.3 Å². The molecule has 1 N–H and O–H groups in total. The van der Waals surface area contributed by atoms with Crippen molar-refractivity contribution >= 4 is 16.0 Å². The Hall–Kier alpha value is -1.91. The number of aryl methyl sites for hydroxylation is 2. The van der Waals surface area contributed by atoms with Crippen LogP contribution in [0.4, 0.5) is 0 Å². The minimum Gasteiger partial charge on any atom is -0.446 e. The van der Waals surface area contributed by atoms with Gasteiger partial charge in [-0.15, -0.1) is 0 Å². The van der Waals surface area contributed by atoms with Gasteiger partial charge in [0.05, 0.1) is 4.90 Å². The number of hydrogen-bond acceptors (Lipinski definition) is 5. The summed E-state index contributed by atoms with van der Waals surface area (Å²) in [6.07, 6.45) is -0.935. The number of esters is 1. The number of benzene rings is 1. The van der Waals surface area contributed by atoms with E-state index in [9.17, 15) is 13.2 Å². The van der Waals surface area contributed by atoms with Crippen LogP contribution < -0.4 is 4.72 Å². The normalized spacial score (nSPS) is 14.1. The molecule has 0 aliphatic rings. The lowest BCUT2D eigenvalue weighted by Crippen LogP contribution is -2.45. The number of ether oxygens (including phenoxy) is 1. The molecule has 0 aliphatic carbocycles. The molecule has 6 nitrogen and oxygen atoms in total. The first kappa shape index (κ1) is 19.1. The van der Waals surface area contributed by atoms with Gasteiger partial charge in [-0.2, -0.15) is 9.98 Å². The molecule has 0 aliphatic heterocycles. The highest BCUT2D eigenvalue weighted by Crippen LogP contribution is 2.17. The smallest absolute Gasteiger partial charge is 0.325 e. The minimum absolute atomic E-state index is 0.0902. The molecule has 0 aromatic heterocycles. The number of carbonyl (C=O) groups excluding carboxylic acids is 1. The Kier molecular flexibility index (Phi) is 6.30. The number of rotatable bonds is 6. The van der Waals surface area contributed by atoms with E-state index in [1.165, 1.54) is 13.0 Å². The number of hydrogen-bond donors (Lipinski definition) is 1. The predicted octanol–water partition coefficient (Wildman–Crippen LogP) is 2.06. The fourth-order valence-electron chi connectivity index (χ4n) is 1.85. The Morgan fingerprint density at radius 3 is 2.30 bits per heavy atom. The van der Waals surface area contributed by atoms with E-state index < -0.39 is 28.1 Å². The summed E-state index contributed by atoms with van der Waals surface area (Å²) in [6.45, 7) is 8.53. The van der Waals surface area contributed by atoms with Crippen molar-refractivity contribution < 1.29 is 17.9 Å². The Bertz CT molecular complexity index is 720. The largest absolute Gasteiger partial charge is 0.446 e. The summed E-state index contributed by atoms with van der Waals surface area (Å²) in [7, 11) is -3.87. The molecule has 1 aromatic rings. The van der Waals surface area contributed by atoms with E-state index in [-0.39, 0.29) is 10.8 Å². The van der Waals surface area contributed by atoms with E-state index in [1.54, 1.807) is 32.0 Å². The molecule has 0 radical (unpaired) electrons. The number of carbonyl (C=O) groups is 1. The van der Waals surface area contributed by atoms with Gasteiger partial charge in [-0.05, 0) is 49.9 Å². The van der Waals surface area contributed by atoms with E-state index in [0.717, 1.165) is 11.1 Å². The SMILES string of the molecule is Cc1ccc(S(=O)(=O)N[C@H](C(=O)O[C@H](C)C#N)C(C)C)cc1C. The minimum atomic E-state index is -3.87. The lowest BCUT2D eigenvalue weighted by molar-refractivity contribution is -0.149. The van der Waals surface area contributed by atoms with Gasteiger partial charge in [0.1, 0.15) is 12.1 Å². The zero-order valence-electron chi connectivity index (χ0n) is 14.0. The third kappa shape index (κ3) is 5.05. The summed E-state index contributed by atoms with van der Waals surface area (Å²) >= 11 is 0. The van der Waals surface area contributed by atoms with Crippen LogP contribution in [-0.2, 0) is 19.6 Å². The quantitative estimate of drug-likeness (QED) is 0.801. The monoisotopic (exact) mass is 338 g/mol. The number of sulfonamides is 1. The molecule has 1 aromatic carbocycles. The first-order valence-corrected chi connectivity index (χ1v) is 8.76. The molecule has 0 amide bonds. The summed E-state index contributed by atoms with van der Waals surface area (Å²) in [5.41, 5.74) is 1.82. The zero-order valence-corrected chi connectivity index (χ0v) is 14.8. The zero-order chi connectivity index (χ0) is 17.8. The molecule has 7 heteroatoms. The third-order valence-electron chi connectivity index (χ3n) is 3.47. The van der Waals surface area contributed by atoms with Gasteiger partial charge in [0.15, 0.2) is 6.10 Å². The van der Waals surface area contributed by atoms with Gasteiger partial charge in [-0.3, -0.25) is 4.79 Å². The Labute approximate surface area is 137 Å². The third-order valence-corrected chi connectivity index (χ3v) is 4.90. The molecule has 1 rings (SSSR count).